The lowest BCUT2D eigenvalue weighted by atomic mass is 9.96. The molecule has 2 aliphatic heterocycles. The fourth-order valence-electron chi connectivity index (χ4n) is 4.86. The number of likely N-dealkylation sites (tertiary alicyclic amines) is 1. The molecule has 0 atom stereocenters. The van der Waals surface area contributed by atoms with Crippen molar-refractivity contribution in [3.05, 3.63) is 77.9 Å². The maximum absolute atomic E-state index is 5.09. The molecule has 5 rings (SSSR count). The van der Waals surface area contributed by atoms with Crippen molar-refractivity contribution in [3.8, 4) is 0 Å². The van der Waals surface area contributed by atoms with Gasteiger partial charge in [0.15, 0.2) is 5.17 Å². The Balaban J connectivity index is 1.30. The Labute approximate surface area is 196 Å². The molecule has 4 heteroatoms. The van der Waals surface area contributed by atoms with Crippen molar-refractivity contribution < 1.29 is 0 Å². The lowest BCUT2D eigenvalue weighted by molar-refractivity contribution is 0.230. The van der Waals surface area contributed by atoms with Gasteiger partial charge in [-0.15, -0.1) is 0 Å². The highest BCUT2D eigenvalue weighted by Gasteiger charge is 2.21. The quantitative estimate of drug-likeness (QED) is 0.255. The van der Waals surface area contributed by atoms with E-state index < -0.39 is 0 Å². The second-order valence-electron chi connectivity index (χ2n) is 8.97. The van der Waals surface area contributed by atoms with Crippen LogP contribution in [0.4, 0.5) is 5.69 Å². The van der Waals surface area contributed by atoms with Gasteiger partial charge in [-0.1, -0.05) is 66.7 Å². The molecule has 166 valence electrons. The molecule has 2 heterocycles. The normalized spacial score (nSPS) is 17.5. The third-order valence-corrected chi connectivity index (χ3v) is 7.73. The van der Waals surface area contributed by atoms with Gasteiger partial charge in [0, 0.05) is 18.8 Å². The summed E-state index contributed by atoms with van der Waals surface area (Å²) in [5.74, 6) is 1.13. The largest absolute Gasteiger partial charge is 0.347 e. The van der Waals surface area contributed by atoms with Crippen LogP contribution in [0, 0.1) is 0 Å². The highest BCUT2D eigenvalue weighted by atomic mass is 32.2. The Bertz CT molecular complexity index is 1060. The van der Waals surface area contributed by atoms with Gasteiger partial charge in [-0.3, -0.25) is 0 Å². The number of fused-ring (bicyclic) bond motifs is 2. The number of benzene rings is 3. The lowest BCUT2D eigenvalue weighted by Crippen LogP contribution is -2.35. The second-order valence-corrected chi connectivity index (χ2v) is 10.0. The Kier molecular flexibility index (Phi) is 7.10. The molecule has 2 aliphatic rings. The van der Waals surface area contributed by atoms with Crippen molar-refractivity contribution in [2.75, 3.05) is 31.9 Å². The molecule has 0 spiro atoms. The lowest BCUT2D eigenvalue weighted by Gasteiger charge is -2.32. The number of rotatable bonds is 5. The highest BCUT2D eigenvalue weighted by molar-refractivity contribution is 8.13. The molecule has 0 amide bonds. The van der Waals surface area contributed by atoms with Crippen molar-refractivity contribution in [2.24, 2.45) is 4.99 Å². The van der Waals surface area contributed by atoms with Gasteiger partial charge >= 0.3 is 0 Å². The molecule has 0 N–H and O–H groups in total. The van der Waals surface area contributed by atoms with Crippen LogP contribution in [0.2, 0.25) is 0 Å². The van der Waals surface area contributed by atoms with Crippen LogP contribution in [0.25, 0.3) is 10.8 Å². The minimum Gasteiger partial charge on any atom is -0.347 e. The summed E-state index contributed by atoms with van der Waals surface area (Å²) in [6.45, 7) is 5.78. The number of para-hydroxylation sites is 1. The van der Waals surface area contributed by atoms with Crippen molar-refractivity contribution in [3.63, 3.8) is 0 Å². The molecule has 3 aromatic carbocycles. The zero-order chi connectivity index (χ0) is 21.6. The van der Waals surface area contributed by atoms with E-state index >= 15 is 0 Å². The van der Waals surface area contributed by atoms with E-state index in [1.54, 1.807) is 0 Å². The number of piperidine rings is 1. The first-order valence-electron chi connectivity index (χ1n) is 12.1. The minimum atomic E-state index is 0.949. The number of nitrogens with zero attached hydrogens (tertiary/aromatic N) is 3. The van der Waals surface area contributed by atoms with Crippen molar-refractivity contribution >= 4 is 33.4 Å². The molecule has 0 aliphatic carbocycles. The van der Waals surface area contributed by atoms with Crippen molar-refractivity contribution in [1.82, 2.24) is 9.80 Å². The Hall–Kier alpha value is -2.30. The standard InChI is InChI=1S/C28H33N3S/c1-3-12-27(13-4-1)29-28(32-19-9-17-30-15-7-2-8-16-30)31-18-14-25-20-23-10-5-6-11-24(23)21-26(25)22-31/h1,3-6,10-13,20-21H,2,7-9,14-19,22H2. The van der Waals surface area contributed by atoms with E-state index in [-0.39, 0.29) is 0 Å². The van der Waals surface area contributed by atoms with Crippen LogP contribution in [0.5, 0.6) is 0 Å². The fourth-order valence-corrected chi connectivity index (χ4v) is 5.82. The summed E-state index contributed by atoms with van der Waals surface area (Å²) in [5, 5.41) is 3.86. The summed E-state index contributed by atoms with van der Waals surface area (Å²) in [5.41, 5.74) is 3.99. The zero-order valence-corrected chi connectivity index (χ0v) is 19.7. The van der Waals surface area contributed by atoms with Crippen LogP contribution < -0.4 is 0 Å². The average molecular weight is 444 g/mol. The zero-order valence-electron chi connectivity index (χ0n) is 18.9. The first-order chi connectivity index (χ1) is 15.8. The topological polar surface area (TPSA) is 18.8 Å². The number of thioether (sulfide) groups is 1. The molecule has 1 saturated heterocycles. The van der Waals surface area contributed by atoms with E-state index in [0.717, 1.165) is 31.0 Å². The van der Waals surface area contributed by atoms with Crippen molar-refractivity contribution in [2.45, 2.75) is 38.6 Å². The third-order valence-electron chi connectivity index (χ3n) is 6.63. The smallest absolute Gasteiger partial charge is 0.164 e. The predicted molar refractivity (Wildman–Crippen MR) is 139 cm³/mol. The summed E-state index contributed by atoms with van der Waals surface area (Å²) in [7, 11) is 0. The second kappa shape index (κ2) is 10.5. The first kappa shape index (κ1) is 21.5. The van der Waals surface area contributed by atoms with Crippen LogP contribution in [-0.2, 0) is 13.0 Å². The van der Waals surface area contributed by atoms with Crippen LogP contribution in [0.15, 0.2) is 71.7 Å². The van der Waals surface area contributed by atoms with Gasteiger partial charge in [-0.05, 0) is 85.4 Å². The number of hydrogen-bond donors (Lipinski definition) is 0. The van der Waals surface area contributed by atoms with Gasteiger partial charge in [-0.25, -0.2) is 4.99 Å². The molecule has 0 aromatic heterocycles. The first-order valence-corrected chi connectivity index (χ1v) is 13.1. The Morgan fingerprint density at radius 1 is 0.812 bits per heavy atom. The van der Waals surface area contributed by atoms with E-state index in [0.29, 0.717) is 0 Å². The predicted octanol–water partition coefficient (Wildman–Crippen LogP) is 6.49. The summed E-state index contributed by atoms with van der Waals surface area (Å²) < 4.78 is 0. The number of aliphatic imine (C=N–C) groups is 1. The van der Waals surface area contributed by atoms with Gasteiger partial charge in [0.05, 0.1) is 5.69 Å². The van der Waals surface area contributed by atoms with Crippen LogP contribution in [0.3, 0.4) is 0 Å². The summed E-state index contributed by atoms with van der Waals surface area (Å²) in [4.78, 5) is 10.2. The maximum atomic E-state index is 5.09. The van der Waals surface area contributed by atoms with E-state index in [1.807, 2.05) is 11.8 Å². The van der Waals surface area contributed by atoms with Crippen LogP contribution in [0.1, 0.15) is 36.8 Å². The van der Waals surface area contributed by atoms with E-state index in [2.05, 4.69) is 76.5 Å². The molecule has 0 saturated carbocycles. The van der Waals surface area contributed by atoms with Gasteiger partial charge in [0.1, 0.15) is 0 Å². The molecule has 3 nitrogen and oxygen atoms in total. The molecular formula is C28H33N3S. The molecule has 0 radical (unpaired) electrons. The summed E-state index contributed by atoms with van der Waals surface area (Å²) in [6.07, 6.45) is 6.46. The summed E-state index contributed by atoms with van der Waals surface area (Å²) >= 11 is 1.94. The molecular weight excluding hydrogens is 410 g/mol. The highest BCUT2D eigenvalue weighted by Crippen LogP contribution is 2.28. The molecule has 0 bridgehead atoms. The number of hydrogen-bond acceptors (Lipinski definition) is 3. The SMILES string of the molecule is c1ccc(N=C(SCCCN2CCCCC2)N2CCc3cc4ccccc4cc3C2)cc1. The Morgan fingerprint density at radius 2 is 1.53 bits per heavy atom. The molecule has 1 fully saturated rings. The maximum Gasteiger partial charge on any atom is 0.164 e. The van der Waals surface area contributed by atoms with Gasteiger partial charge in [0.25, 0.3) is 0 Å². The summed E-state index contributed by atoms with van der Waals surface area (Å²) in [6, 6.07) is 23.9. The van der Waals surface area contributed by atoms with Gasteiger partial charge in [-0.2, -0.15) is 0 Å². The Morgan fingerprint density at radius 3 is 2.31 bits per heavy atom. The van der Waals surface area contributed by atoms with Crippen molar-refractivity contribution in [1.29, 1.82) is 0 Å². The van der Waals surface area contributed by atoms with E-state index in [9.17, 15) is 0 Å². The molecule has 0 unspecified atom stereocenters. The molecule has 32 heavy (non-hydrogen) atoms. The average Bonchev–Trinajstić information content (AvgIpc) is 2.85. The molecule has 3 aromatic rings. The van der Waals surface area contributed by atoms with E-state index in [1.165, 1.54) is 72.4 Å². The van der Waals surface area contributed by atoms with Gasteiger partial charge < -0.3 is 9.80 Å². The monoisotopic (exact) mass is 443 g/mol. The minimum absolute atomic E-state index is 0.949. The third kappa shape index (κ3) is 5.36. The van der Waals surface area contributed by atoms with Crippen LogP contribution in [-0.4, -0.2) is 46.9 Å². The number of amidine groups is 1. The van der Waals surface area contributed by atoms with Crippen LogP contribution >= 0.6 is 11.8 Å². The fraction of sp³-hybridized carbons (Fsp3) is 0.393. The van der Waals surface area contributed by atoms with Gasteiger partial charge in [0.2, 0.25) is 0 Å². The van der Waals surface area contributed by atoms with E-state index in [4.69, 9.17) is 4.99 Å².